The third kappa shape index (κ3) is 5.31. The van der Waals surface area contributed by atoms with Gasteiger partial charge >= 0.3 is 0 Å². The van der Waals surface area contributed by atoms with Crippen LogP contribution in [0, 0.1) is 0 Å². The van der Waals surface area contributed by atoms with Gasteiger partial charge in [-0.3, -0.25) is 9.59 Å². The van der Waals surface area contributed by atoms with E-state index in [1.807, 2.05) is 48.5 Å². The van der Waals surface area contributed by atoms with Crippen LogP contribution >= 0.6 is 0 Å². The average Bonchev–Trinajstić information content (AvgIpc) is 3.27. The molecule has 0 unspecified atom stereocenters. The molecule has 2 aromatic carbocycles. The predicted octanol–water partition coefficient (Wildman–Crippen LogP) is 3.70. The Balaban J connectivity index is 1.21. The summed E-state index contributed by atoms with van der Waals surface area (Å²) in [6, 6.07) is 17.3. The fourth-order valence-electron chi connectivity index (χ4n) is 3.50. The zero-order chi connectivity index (χ0) is 21.6. The third-order valence-electron chi connectivity index (χ3n) is 5.31. The Labute approximate surface area is 181 Å². The number of carbonyl (C=O) groups is 2. The van der Waals surface area contributed by atoms with E-state index in [2.05, 4.69) is 10.5 Å². The fourth-order valence-corrected chi connectivity index (χ4v) is 3.50. The third-order valence-corrected chi connectivity index (χ3v) is 5.31. The van der Waals surface area contributed by atoms with Crippen LogP contribution in [-0.4, -0.2) is 42.1 Å². The lowest BCUT2D eigenvalue weighted by Gasteiger charge is -2.19. The molecule has 2 amide bonds. The van der Waals surface area contributed by atoms with Gasteiger partial charge in [0.1, 0.15) is 17.2 Å². The molecular formula is C24H25N3O4. The van der Waals surface area contributed by atoms with E-state index in [1.54, 1.807) is 18.0 Å². The summed E-state index contributed by atoms with van der Waals surface area (Å²) < 4.78 is 11.1. The highest BCUT2D eigenvalue weighted by Crippen LogP contribution is 2.26. The SMILES string of the molecule is CN(CCCc1cc(-c2ccccc2)no1)C(=O)COc1ccc2c(c1)CCC(=O)N2. The highest BCUT2D eigenvalue weighted by atomic mass is 16.5. The lowest BCUT2D eigenvalue weighted by Crippen LogP contribution is -2.32. The number of fused-ring (bicyclic) bond motifs is 1. The first kappa shape index (κ1) is 20.7. The van der Waals surface area contributed by atoms with Gasteiger partial charge in [0, 0.05) is 43.8 Å². The number of hydrogen-bond acceptors (Lipinski definition) is 5. The Morgan fingerprint density at radius 1 is 1.16 bits per heavy atom. The highest BCUT2D eigenvalue weighted by molar-refractivity contribution is 5.94. The Hall–Kier alpha value is -3.61. The van der Waals surface area contributed by atoms with Crippen LogP contribution in [0.25, 0.3) is 11.3 Å². The van der Waals surface area contributed by atoms with E-state index in [0.29, 0.717) is 31.6 Å². The molecule has 0 atom stereocenters. The van der Waals surface area contributed by atoms with Crippen molar-refractivity contribution >= 4 is 17.5 Å². The monoisotopic (exact) mass is 419 g/mol. The Kier molecular flexibility index (Phi) is 6.31. The van der Waals surface area contributed by atoms with Crippen LogP contribution in [0.3, 0.4) is 0 Å². The molecule has 1 N–H and O–H groups in total. The number of likely N-dealkylation sites (N-methyl/N-ethyl adjacent to an activating group) is 1. The smallest absolute Gasteiger partial charge is 0.260 e. The molecule has 0 saturated heterocycles. The zero-order valence-electron chi connectivity index (χ0n) is 17.5. The van der Waals surface area contributed by atoms with Crippen LogP contribution in [0.5, 0.6) is 5.75 Å². The molecule has 4 rings (SSSR count). The van der Waals surface area contributed by atoms with Crippen molar-refractivity contribution in [2.75, 3.05) is 25.5 Å². The van der Waals surface area contributed by atoms with Crippen molar-refractivity contribution in [1.82, 2.24) is 10.1 Å². The van der Waals surface area contributed by atoms with Crippen molar-refractivity contribution < 1.29 is 18.8 Å². The normalized spacial score (nSPS) is 12.7. The molecule has 0 radical (unpaired) electrons. The summed E-state index contributed by atoms with van der Waals surface area (Å²) in [6.07, 6.45) is 2.62. The molecule has 1 aliphatic rings. The molecule has 31 heavy (non-hydrogen) atoms. The van der Waals surface area contributed by atoms with Gasteiger partial charge in [-0.05, 0) is 36.6 Å². The van der Waals surface area contributed by atoms with Gasteiger partial charge in [-0.2, -0.15) is 0 Å². The Morgan fingerprint density at radius 2 is 2.00 bits per heavy atom. The van der Waals surface area contributed by atoms with Crippen LogP contribution < -0.4 is 10.1 Å². The summed E-state index contributed by atoms with van der Waals surface area (Å²) in [6.45, 7) is 0.571. The maximum atomic E-state index is 12.4. The maximum Gasteiger partial charge on any atom is 0.260 e. The van der Waals surface area contributed by atoms with Gasteiger partial charge in [0.2, 0.25) is 5.91 Å². The molecule has 0 aliphatic carbocycles. The highest BCUT2D eigenvalue weighted by Gasteiger charge is 2.16. The number of rotatable bonds is 8. The Morgan fingerprint density at radius 3 is 2.84 bits per heavy atom. The molecule has 0 spiro atoms. The van der Waals surface area contributed by atoms with E-state index in [0.717, 1.165) is 34.7 Å². The number of nitrogens with one attached hydrogen (secondary N) is 1. The molecule has 7 nitrogen and oxygen atoms in total. The molecule has 2 heterocycles. The van der Waals surface area contributed by atoms with Crippen LogP contribution in [0.2, 0.25) is 0 Å². The van der Waals surface area contributed by atoms with Gasteiger partial charge in [-0.15, -0.1) is 0 Å². The number of anilines is 1. The van der Waals surface area contributed by atoms with Crippen LogP contribution in [-0.2, 0) is 22.4 Å². The number of amides is 2. The summed E-state index contributed by atoms with van der Waals surface area (Å²) in [5.74, 6) is 1.37. The second kappa shape index (κ2) is 9.47. The number of carbonyl (C=O) groups excluding carboxylic acids is 2. The number of nitrogens with zero attached hydrogens (tertiary/aromatic N) is 2. The summed E-state index contributed by atoms with van der Waals surface area (Å²) in [5, 5.41) is 6.95. The predicted molar refractivity (Wildman–Crippen MR) is 117 cm³/mol. The second-order valence-corrected chi connectivity index (χ2v) is 7.62. The van der Waals surface area contributed by atoms with Crippen molar-refractivity contribution in [3.8, 4) is 17.0 Å². The number of aromatic nitrogens is 1. The summed E-state index contributed by atoms with van der Waals surface area (Å²) in [7, 11) is 1.77. The van der Waals surface area contributed by atoms with Crippen molar-refractivity contribution in [2.24, 2.45) is 0 Å². The minimum atomic E-state index is -0.0893. The molecule has 3 aromatic rings. The molecule has 0 saturated carbocycles. The van der Waals surface area contributed by atoms with E-state index in [-0.39, 0.29) is 18.4 Å². The largest absolute Gasteiger partial charge is 0.484 e. The van der Waals surface area contributed by atoms with Crippen molar-refractivity contribution in [3.05, 3.63) is 65.9 Å². The number of aryl methyl sites for hydroxylation is 2. The summed E-state index contributed by atoms with van der Waals surface area (Å²) in [4.78, 5) is 25.5. The van der Waals surface area contributed by atoms with E-state index < -0.39 is 0 Å². The first-order chi connectivity index (χ1) is 15.1. The first-order valence-corrected chi connectivity index (χ1v) is 10.4. The van der Waals surface area contributed by atoms with Gasteiger partial charge < -0.3 is 19.5 Å². The molecule has 0 fully saturated rings. The second-order valence-electron chi connectivity index (χ2n) is 7.62. The van der Waals surface area contributed by atoms with E-state index in [4.69, 9.17) is 9.26 Å². The standard InChI is InChI=1S/C24H25N3O4/c1-27(13-5-8-20-15-22(26-31-20)17-6-3-2-4-7-17)24(29)16-30-19-10-11-21-18(14-19)9-12-23(28)25-21/h2-4,6-7,10-11,14-15H,5,8-9,12-13,16H2,1H3,(H,25,28). The lowest BCUT2D eigenvalue weighted by atomic mass is 10.0. The van der Waals surface area contributed by atoms with Crippen molar-refractivity contribution in [2.45, 2.75) is 25.7 Å². The van der Waals surface area contributed by atoms with Gasteiger partial charge in [0.25, 0.3) is 5.91 Å². The molecule has 1 aliphatic heterocycles. The van der Waals surface area contributed by atoms with E-state index in [9.17, 15) is 9.59 Å². The molecule has 160 valence electrons. The van der Waals surface area contributed by atoms with Gasteiger partial charge in [0.05, 0.1) is 0 Å². The topological polar surface area (TPSA) is 84.7 Å². The van der Waals surface area contributed by atoms with Gasteiger partial charge in [0.15, 0.2) is 6.61 Å². The maximum absolute atomic E-state index is 12.4. The first-order valence-electron chi connectivity index (χ1n) is 10.4. The average molecular weight is 419 g/mol. The van der Waals surface area contributed by atoms with E-state index in [1.165, 1.54) is 0 Å². The molecular weight excluding hydrogens is 394 g/mol. The molecule has 1 aromatic heterocycles. The van der Waals surface area contributed by atoms with E-state index >= 15 is 0 Å². The summed E-state index contributed by atoms with van der Waals surface area (Å²) in [5.41, 5.74) is 3.68. The number of ether oxygens (including phenoxy) is 1. The zero-order valence-corrected chi connectivity index (χ0v) is 17.5. The Bertz CT molecular complexity index is 1060. The lowest BCUT2D eigenvalue weighted by molar-refractivity contribution is -0.132. The van der Waals surface area contributed by atoms with Crippen molar-refractivity contribution in [1.29, 1.82) is 0 Å². The van der Waals surface area contributed by atoms with Gasteiger partial charge in [-0.1, -0.05) is 35.5 Å². The quantitative estimate of drug-likeness (QED) is 0.602. The fraction of sp³-hybridized carbons (Fsp3) is 0.292. The van der Waals surface area contributed by atoms with Crippen LogP contribution in [0.15, 0.2) is 59.1 Å². The molecule has 7 heteroatoms. The summed E-state index contributed by atoms with van der Waals surface area (Å²) >= 11 is 0. The minimum absolute atomic E-state index is 0.0257. The van der Waals surface area contributed by atoms with Gasteiger partial charge in [-0.25, -0.2) is 0 Å². The number of benzene rings is 2. The molecule has 0 bridgehead atoms. The van der Waals surface area contributed by atoms with Crippen LogP contribution in [0.1, 0.15) is 24.2 Å². The number of hydrogen-bond donors (Lipinski definition) is 1. The minimum Gasteiger partial charge on any atom is -0.484 e. The van der Waals surface area contributed by atoms with Crippen molar-refractivity contribution in [3.63, 3.8) is 0 Å². The van der Waals surface area contributed by atoms with Crippen LogP contribution in [0.4, 0.5) is 5.69 Å².